The van der Waals surface area contributed by atoms with E-state index in [0.717, 1.165) is 5.56 Å². The second-order valence-electron chi connectivity index (χ2n) is 4.49. The Morgan fingerprint density at radius 3 is 2.81 bits per heavy atom. The van der Waals surface area contributed by atoms with E-state index in [-0.39, 0.29) is 32.1 Å². The number of hydrogen-bond donors (Lipinski definition) is 3. The van der Waals surface area contributed by atoms with Gasteiger partial charge in [-0.15, -0.1) is 0 Å². The Kier molecular flexibility index (Phi) is 4.91. The topological polar surface area (TPSA) is 105 Å². The lowest BCUT2D eigenvalue weighted by Crippen LogP contribution is -2.32. The van der Waals surface area contributed by atoms with Gasteiger partial charge in [0.15, 0.2) is 0 Å². The number of aromatic hydroxyl groups is 1. The van der Waals surface area contributed by atoms with Gasteiger partial charge in [0, 0.05) is 18.2 Å². The Morgan fingerprint density at radius 2 is 2.10 bits per heavy atom. The minimum Gasteiger partial charge on any atom is -0.508 e. The number of rotatable bonds is 6. The standard InChI is InChI=1S/C14H16N2O5/c17-4-5-21-9-16-8-11(13(19)15-14(16)20)6-10-2-1-3-12(18)7-10/h1-3,7-8,17-18H,4-6,9H2,(H,15,19,20). The van der Waals surface area contributed by atoms with Crippen LogP contribution in [0.5, 0.6) is 5.75 Å². The van der Waals surface area contributed by atoms with Gasteiger partial charge in [-0.05, 0) is 17.7 Å². The van der Waals surface area contributed by atoms with Gasteiger partial charge in [0.1, 0.15) is 12.5 Å². The molecule has 0 unspecified atom stereocenters. The number of aliphatic hydroxyl groups excluding tert-OH is 1. The fraction of sp³-hybridized carbons (Fsp3) is 0.286. The van der Waals surface area contributed by atoms with E-state index < -0.39 is 11.2 Å². The number of nitrogens with one attached hydrogen (secondary N) is 1. The molecule has 0 saturated heterocycles. The number of benzene rings is 1. The second kappa shape index (κ2) is 6.87. The zero-order valence-electron chi connectivity index (χ0n) is 11.3. The van der Waals surface area contributed by atoms with Gasteiger partial charge in [-0.3, -0.25) is 14.3 Å². The van der Waals surface area contributed by atoms with Crippen molar-refractivity contribution in [3.63, 3.8) is 0 Å². The predicted molar refractivity (Wildman–Crippen MR) is 75.3 cm³/mol. The third-order valence-corrected chi connectivity index (χ3v) is 2.86. The molecule has 112 valence electrons. The Morgan fingerprint density at radius 1 is 1.29 bits per heavy atom. The highest BCUT2D eigenvalue weighted by molar-refractivity contribution is 5.30. The quantitative estimate of drug-likeness (QED) is 0.640. The van der Waals surface area contributed by atoms with E-state index in [1.165, 1.54) is 16.8 Å². The Balaban J connectivity index is 2.24. The van der Waals surface area contributed by atoms with Crippen LogP contribution in [0.1, 0.15) is 11.1 Å². The highest BCUT2D eigenvalue weighted by Crippen LogP contribution is 2.13. The molecular formula is C14H16N2O5. The Hall–Kier alpha value is -2.38. The summed E-state index contributed by atoms with van der Waals surface area (Å²) in [5.74, 6) is 0.114. The van der Waals surface area contributed by atoms with Crippen molar-refractivity contribution >= 4 is 0 Å². The first kappa shape index (κ1) is 15.0. The minimum atomic E-state index is -0.572. The summed E-state index contributed by atoms with van der Waals surface area (Å²) in [6.45, 7) is -0.0923. The number of phenolic OH excluding ortho intramolecular Hbond substituents is 1. The van der Waals surface area contributed by atoms with Crippen LogP contribution in [0, 0.1) is 0 Å². The third kappa shape index (κ3) is 4.04. The SMILES string of the molecule is O=c1[nH]c(=O)n(COCCO)cc1Cc1cccc(O)c1. The molecule has 2 aromatic rings. The average Bonchev–Trinajstić information content (AvgIpc) is 2.44. The molecule has 0 aliphatic rings. The number of phenols is 1. The van der Waals surface area contributed by atoms with Crippen molar-refractivity contribution in [2.45, 2.75) is 13.2 Å². The molecule has 0 bridgehead atoms. The van der Waals surface area contributed by atoms with Crippen LogP contribution < -0.4 is 11.2 Å². The molecule has 0 aliphatic carbocycles. The number of nitrogens with zero attached hydrogens (tertiary/aromatic N) is 1. The lowest BCUT2D eigenvalue weighted by atomic mass is 10.1. The summed E-state index contributed by atoms with van der Waals surface area (Å²) in [6, 6.07) is 6.55. The Labute approximate surface area is 120 Å². The van der Waals surface area contributed by atoms with E-state index >= 15 is 0 Å². The molecule has 0 aliphatic heterocycles. The highest BCUT2D eigenvalue weighted by Gasteiger charge is 2.06. The molecule has 0 fully saturated rings. The monoisotopic (exact) mass is 292 g/mol. The second-order valence-corrected chi connectivity index (χ2v) is 4.49. The maximum atomic E-state index is 11.8. The van der Waals surface area contributed by atoms with Gasteiger partial charge in [0.25, 0.3) is 5.56 Å². The zero-order valence-corrected chi connectivity index (χ0v) is 11.3. The molecule has 0 atom stereocenters. The molecule has 3 N–H and O–H groups in total. The first-order valence-corrected chi connectivity index (χ1v) is 6.39. The van der Waals surface area contributed by atoms with Gasteiger partial charge < -0.3 is 14.9 Å². The fourth-order valence-electron chi connectivity index (χ4n) is 1.89. The summed E-state index contributed by atoms with van der Waals surface area (Å²) in [6.07, 6.45) is 1.70. The van der Waals surface area contributed by atoms with Gasteiger partial charge in [-0.1, -0.05) is 12.1 Å². The molecule has 0 radical (unpaired) electrons. The van der Waals surface area contributed by atoms with Crippen molar-refractivity contribution in [1.29, 1.82) is 0 Å². The summed E-state index contributed by atoms with van der Waals surface area (Å²) in [4.78, 5) is 25.6. The third-order valence-electron chi connectivity index (χ3n) is 2.86. The molecule has 7 nitrogen and oxygen atoms in total. The molecule has 1 aromatic heterocycles. The summed E-state index contributed by atoms with van der Waals surface area (Å²) in [5, 5.41) is 18.1. The van der Waals surface area contributed by atoms with E-state index in [0.29, 0.717) is 5.56 Å². The summed E-state index contributed by atoms with van der Waals surface area (Å²) in [7, 11) is 0. The van der Waals surface area contributed by atoms with Gasteiger partial charge in [-0.2, -0.15) is 0 Å². The number of hydrogen-bond acceptors (Lipinski definition) is 5. The van der Waals surface area contributed by atoms with Crippen LogP contribution >= 0.6 is 0 Å². The van der Waals surface area contributed by atoms with Crippen molar-refractivity contribution in [2.75, 3.05) is 13.2 Å². The van der Waals surface area contributed by atoms with E-state index in [2.05, 4.69) is 4.98 Å². The lowest BCUT2D eigenvalue weighted by molar-refractivity contribution is 0.0455. The predicted octanol–water partition coefficient (Wildman–Crippen LogP) is -0.201. The molecule has 0 amide bonds. The van der Waals surface area contributed by atoms with Crippen LogP contribution in [0.25, 0.3) is 0 Å². The van der Waals surface area contributed by atoms with E-state index in [4.69, 9.17) is 9.84 Å². The zero-order chi connectivity index (χ0) is 15.2. The van der Waals surface area contributed by atoms with Crippen molar-refractivity contribution in [3.05, 3.63) is 62.4 Å². The number of aliphatic hydroxyl groups is 1. The van der Waals surface area contributed by atoms with Gasteiger partial charge >= 0.3 is 5.69 Å². The molecule has 0 spiro atoms. The molecule has 2 rings (SSSR count). The van der Waals surface area contributed by atoms with Gasteiger partial charge in [-0.25, -0.2) is 4.79 Å². The van der Waals surface area contributed by atoms with Crippen molar-refractivity contribution < 1.29 is 14.9 Å². The average molecular weight is 292 g/mol. The highest BCUT2D eigenvalue weighted by atomic mass is 16.5. The molecule has 1 aromatic carbocycles. The van der Waals surface area contributed by atoms with E-state index in [9.17, 15) is 14.7 Å². The normalized spacial score (nSPS) is 10.7. The van der Waals surface area contributed by atoms with E-state index in [1.54, 1.807) is 18.2 Å². The van der Waals surface area contributed by atoms with Crippen LogP contribution in [0.2, 0.25) is 0 Å². The molecule has 21 heavy (non-hydrogen) atoms. The van der Waals surface area contributed by atoms with Crippen molar-refractivity contribution in [2.24, 2.45) is 0 Å². The first-order valence-electron chi connectivity index (χ1n) is 6.39. The maximum absolute atomic E-state index is 11.8. The van der Waals surface area contributed by atoms with Crippen molar-refractivity contribution in [3.8, 4) is 5.75 Å². The number of H-pyrrole nitrogens is 1. The number of ether oxygens (including phenoxy) is 1. The lowest BCUT2D eigenvalue weighted by Gasteiger charge is -2.08. The number of aromatic nitrogens is 2. The van der Waals surface area contributed by atoms with Crippen LogP contribution in [0.15, 0.2) is 40.1 Å². The van der Waals surface area contributed by atoms with Crippen molar-refractivity contribution in [1.82, 2.24) is 9.55 Å². The van der Waals surface area contributed by atoms with Crippen LogP contribution in [0.4, 0.5) is 0 Å². The Bertz CT molecular complexity index is 720. The van der Waals surface area contributed by atoms with E-state index in [1.807, 2.05) is 0 Å². The molecular weight excluding hydrogens is 276 g/mol. The molecule has 0 saturated carbocycles. The smallest absolute Gasteiger partial charge is 0.330 e. The van der Waals surface area contributed by atoms with Gasteiger partial charge in [0.05, 0.1) is 13.2 Å². The largest absolute Gasteiger partial charge is 0.508 e. The molecule has 1 heterocycles. The van der Waals surface area contributed by atoms with Crippen LogP contribution in [0.3, 0.4) is 0 Å². The summed E-state index contributed by atoms with van der Waals surface area (Å²) < 4.78 is 6.28. The minimum absolute atomic E-state index is 0.0524. The maximum Gasteiger partial charge on any atom is 0.330 e. The first-order chi connectivity index (χ1) is 10.1. The summed E-state index contributed by atoms with van der Waals surface area (Å²) in [5.41, 5.74) is 0.0918. The molecule has 7 heteroatoms. The van der Waals surface area contributed by atoms with Crippen LogP contribution in [-0.4, -0.2) is 33.0 Å². The fourth-order valence-corrected chi connectivity index (χ4v) is 1.89. The van der Waals surface area contributed by atoms with Crippen LogP contribution in [-0.2, 0) is 17.9 Å². The van der Waals surface area contributed by atoms with Gasteiger partial charge in [0.2, 0.25) is 0 Å². The summed E-state index contributed by atoms with van der Waals surface area (Å²) >= 11 is 0. The number of aromatic amines is 1.